The van der Waals surface area contributed by atoms with Gasteiger partial charge in [0.1, 0.15) is 85.7 Å². The van der Waals surface area contributed by atoms with Gasteiger partial charge in [-0.15, -0.1) is 0 Å². The number of hydrogen-bond acceptors (Lipinski definition) is 19. The standard InChI is InChI=1S/C20H23O5P.2C18H21O4P.C18H20O3.C17H20O2.C17H21OP.C17H20O/c1-13(21)24-18-11-8-15(12-17(18)19(22)23-4)20(2,3)14-6-9-16(10-7-14)25-26-5;1-18(2,12-5-8-14(9-6-12)22-23-4)13-7-10-16(21-3)15(11-13)17(19)20;1-18(2,12-5-8-14(9-6-12)22-23-4)13-7-10-16(19)15(11-13)17(20)21-3;1-13(19)21-17-11-7-15(8-12-17)18(2,3)14-5-9-16(20-4)10-6-14;1-17(2,13-5-9-15(18-3)10-6-13)14-7-11-16(19-4)12-8-14;1-13-5-7-14(8-6-13)17(2,3)15-9-11-16(12-10-15)18-19-4;1-13-5-7-14(8-6-13)17(2,3)15-9-11-16(18-4)12-10-15/h6-12,26H,1-5H3;5-11,23H,1-4H3,(H,19,20);5-11,19,23H,1-4H3;5-12H,1-4H3;5-12H,1-4H3;5-12,19H,1-4H3;5-12H,1-4H3. The van der Waals surface area contributed by atoms with Crippen molar-refractivity contribution in [3.05, 3.63) is 427 Å². The molecule has 20 nitrogen and oxygen atoms in total. The predicted octanol–water partition coefficient (Wildman–Crippen LogP) is 30.0. The number of carboxylic acids is 1. The fourth-order valence-electron chi connectivity index (χ4n) is 16.4. The summed E-state index contributed by atoms with van der Waals surface area (Å²) in [7, 11) is 12.5. The Morgan fingerprint density at radius 3 is 0.644 bits per heavy atom. The molecule has 24 heteroatoms. The van der Waals surface area contributed by atoms with Crippen molar-refractivity contribution < 1.29 is 94.9 Å². The molecule has 0 saturated carbocycles. The number of carbonyl (C=O) groups excluding carboxylic acids is 4. The lowest BCUT2D eigenvalue weighted by atomic mass is 9.77. The fraction of sp³-hybridized carbons (Fsp3) is 0.288. The molecule has 0 aliphatic rings. The van der Waals surface area contributed by atoms with E-state index in [2.05, 4.69) is 232 Å². The number of phenols is 1. The predicted molar refractivity (Wildman–Crippen MR) is 611 cm³/mol. The summed E-state index contributed by atoms with van der Waals surface area (Å²) < 4.78 is 67.7. The third-order valence-corrected chi connectivity index (χ3v) is 28.2. The van der Waals surface area contributed by atoms with E-state index >= 15 is 0 Å². The van der Waals surface area contributed by atoms with Crippen molar-refractivity contribution in [2.24, 2.45) is 0 Å². The molecule has 14 aromatic carbocycles. The largest absolute Gasteiger partial charge is 0.507 e. The van der Waals surface area contributed by atoms with E-state index in [0.717, 1.165) is 84.9 Å². The number of aromatic carboxylic acids is 1. The van der Waals surface area contributed by atoms with Gasteiger partial charge in [-0.25, -0.2) is 14.4 Å². The molecule has 786 valence electrons. The first kappa shape index (κ1) is 120. The van der Waals surface area contributed by atoms with Gasteiger partial charge in [0.2, 0.25) is 0 Å². The molecule has 0 fully saturated rings. The van der Waals surface area contributed by atoms with Gasteiger partial charge in [-0.1, -0.05) is 284 Å². The monoisotopic (exact) mass is 2090 g/mol. The Morgan fingerprint density at radius 1 is 0.228 bits per heavy atom. The smallest absolute Gasteiger partial charge is 0.341 e. The van der Waals surface area contributed by atoms with Crippen LogP contribution in [0.1, 0.15) is 231 Å². The highest BCUT2D eigenvalue weighted by Crippen LogP contribution is 2.43. The number of carboxylic acid groups (broad SMARTS) is 1. The molecule has 0 aromatic heterocycles. The third-order valence-electron chi connectivity index (χ3n) is 26.4. The Labute approximate surface area is 889 Å². The number of carbonyl (C=O) groups is 5. The van der Waals surface area contributed by atoms with Crippen molar-refractivity contribution in [1.82, 2.24) is 0 Å². The van der Waals surface area contributed by atoms with E-state index in [1.807, 2.05) is 190 Å². The van der Waals surface area contributed by atoms with Crippen LogP contribution in [0, 0.1) is 13.8 Å². The van der Waals surface area contributed by atoms with Crippen LogP contribution in [-0.2, 0) is 57.0 Å². The number of phenolic OH excluding ortho intramolecular Hbond substituents is 1. The summed E-state index contributed by atoms with van der Waals surface area (Å²) in [6.45, 7) is 45.0. The number of hydrogen-bond donors (Lipinski definition) is 2. The SMILES string of the molecule is COC(=O)c1cc(C(C)(C)c2ccc(OPC)cc2)ccc1O.COC(=O)c1cc(C(C)(C)c2ccc(OPC)cc2)ccc1OC(C)=O.COc1ccc(C(C)(C)c2ccc(C)cc2)cc1.COc1ccc(C(C)(C)c2ccc(OC(C)=O)cc2)cc1.COc1ccc(C(C)(C)c2ccc(OC)cc2)cc1.COc1ccc(C(C)(C)c2ccc(OPC)cc2)cc1C(=O)O.CPOc1ccc(C(C)(C)c2ccc(C)cc2)cc1. The molecule has 0 aliphatic heterocycles. The first-order chi connectivity index (χ1) is 70.7. The highest BCUT2D eigenvalue weighted by molar-refractivity contribution is 7.32. The van der Waals surface area contributed by atoms with Gasteiger partial charge in [0.05, 0.1) is 85.0 Å². The molecule has 2 N–H and O–H groups in total. The zero-order valence-corrected chi connectivity index (χ0v) is 95.3. The fourth-order valence-corrected chi connectivity index (χ4v) is 17.9. The van der Waals surface area contributed by atoms with Crippen LogP contribution in [0.2, 0.25) is 0 Å². The summed E-state index contributed by atoms with van der Waals surface area (Å²) in [5.41, 5.74) is 18.1. The average molecular weight is 2090 g/mol. The van der Waals surface area contributed by atoms with Crippen LogP contribution >= 0.6 is 35.2 Å². The summed E-state index contributed by atoms with van der Waals surface area (Å²) in [5.74, 6) is 5.12. The molecular formula is C125H146O20P4. The van der Waals surface area contributed by atoms with Crippen LogP contribution in [0.15, 0.2) is 322 Å². The van der Waals surface area contributed by atoms with E-state index in [0.29, 0.717) is 46.7 Å². The number of benzene rings is 14. The maximum absolute atomic E-state index is 12.1. The lowest BCUT2D eigenvalue weighted by Gasteiger charge is -2.27. The number of esters is 4. The van der Waals surface area contributed by atoms with E-state index in [-0.39, 0.29) is 72.1 Å². The first-order valence-electron chi connectivity index (χ1n) is 48.7. The molecule has 149 heavy (non-hydrogen) atoms. The number of methoxy groups -OCH3 is 7. The van der Waals surface area contributed by atoms with Crippen molar-refractivity contribution >= 4 is 65.1 Å². The number of ether oxygens (including phenoxy) is 9. The number of aromatic hydroxyl groups is 1. The van der Waals surface area contributed by atoms with Crippen LogP contribution in [0.3, 0.4) is 0 Å². The Bertz CT molecular complexity index is 6560. The zero-order valence-electron chi connectivity index (χ0n) is 91.3. The van der Waals surface area contributed by atoms with Gasteiger partial charge in [0.25, 0.3) is 0 Å². The van der Waals surface area contributed by atoms with Crippen LogP contribution < -0.4 is 51.3 Å². The molecule has 0 aliphatic carbocycles. The molecule has 4 unspecified atom stereocenters. The summed E-state index contributed by atoms with van der Waals surface area (Å²) in [6, 6.07) is 106. The molecule has 14 rings (SSSR count). The van der Waals surface area contributed by atoms with E-state index in [1.165, 1.54) is 91.3 Å². The molecule has 0 heterocycles. The molecule has 0 saturated heterocycles. The second-order valence-corrected chi connectivity index (χ2v) is 41.2. The Kier molecular flexibility index (Phi) is 45.2. The quantitative estimate of drug-likeness (QED) is 0.0226. The Balaban J connectivity index is 0.000000212. The van der Waals surface area contributed by atoms with Crippen molar-refractivity contribution in [2.45, 2.75) is 163 Å². The molecule has 14 aromatic rings. The third kappa shape index (κ3) is 33.3. The van der Waals surface area contributed by atoms with E-state index in [1.54, 1.807) is 58.8 Å². The minimum Gasteiger partial charge on any atom is -0.507 e. The van der Waals surface area contributed by atoms with Gasteiger partial charge in [-0.3, -0.25) is 9.59 Å². The van der Waals surface area contributed by atoms with E-state index in [9.17, 15) is 34.2 Å². The average Bonchev–Trinajstić information content (AvgIpc) is 0.795. The minimum absolute atomic E-state index is 0.0139. The van der Waals surface area contributed by atoms with Crippen molar-refractivity contribution in [3.63, 3.8) is 0 Å². The minimum atomic E-state index is -0.993. The van der Waals surface area contributed by atoms with Gasteiger partial charge < -0.3 is 70.9 Å². The first-order valence-corrected chi connectivity index (χ1v) is 54.3. The van der Waals surface area contributed by atoms with Crippen LogP contribution in [0.5, 0.6) is 69.0 Å². The second-order valence-electron chi connectivity index (χ2n) is 38.7. The van der Waals surface area contributed by atoms with Gasteiger partial charge in [0, 0.05) is 51.8 Å². The normalized spacial score (nSPS) is 11.5. The topological polar surface area (TPSA) is 246 Å². The number of rotatable bonds is 32. The summed E-state index contributed by atoms with van der Waals surface area (Å²) >= 11 is 0. The lowest BCUT2D eigenvalue weighted by Crippen LogP contribution is -2.20. The van der Waals surface area contributed by atoms with Crippen molar-refractivity contribution in [3.8, 4) is 69.0 Å². The summed E-state index contributed by atoms with van der Waals surface area (Å²) in [4.78, 5) is 57.5. The molecule has 4 atom stereocenters. The van der Waals surface area contributed by atoms with Gasteiger partial charge in [-0.05, 0) is 264 Å². The highest BCUT2D eigenvalue weighted by atomic mass is 31.1. The molecule has 0 bridgehead atoms. The highest BCUT2D eigenvalue weighted by Gasteiger charge is 2.33. The van der Waals surface area contributed by atoms with Crippen molar-refractivity contribution in [2.75, 3.05) is 76.4 Å². The summed E-state index contributed by atoms with van der Waals surface area (Å²) in [6.07, 6.45) is 0. The molecule has 0 amide bonds. The zero-order chi connectivity index (χ0) is 110. The van der Waals surface area contributed by atoms with Crippen LogP contribution in [0.4, 0.5) is 0 Å². The van der Waals surface area contributed by atoms with Crippen molar-refractivity contribution in [1.29, 1.82) is 0 Å². The second kappa shape index (κ2) is 56.0. The number of aryl methyl sites for hydroxylation is 2. The van der Waals surface area contributed by atoms with Gasteiger partial charge >= 0.3 is 29.8 Å². The molecular weight excluding hydrogens is 1950 g/mol. The van der Waals surface area contributed by atoms with Crippen LogP contribution in [0.25, 0.3) is 0 Å². The van der Waals surface area contributed by atoms with E-state index in [4.69, 9.17) is 60.7 Å². The van der Waals surface area contributed by atoms with E-state index < -0.39 is 23.9 Å². The Hall–Kier alpha value is -13.9. The lowest BCUT2D eigenvalue weighted by molar-refractivity contribution is -0.132. The molecule has 0 spiro atoms. The Morgan fingerprint density at radius 2 is 0.423 bits per heavy atom. The van der Waals surface area contributed by atoms with Gasteiger partial charge in [-0.2, -0.15) is 0 Å². The maximum Gasteiger partial charge on any atom is 0.341 e. The van der Waals surface area contributed by atoms with Gasteiger partial charge in [0.15, 0.2) is 0 Å². The maximum atomic E-state index is 12.1. The summed E-state index contributed by atoms with van der Waals surface area (Å²) in [5, 5.41) is 19.2. The molecule has 0 radical (unpaired) electrons. The van der Waals surface area contributed by atoms with Crippen LogP contribution in [-0.4, -0.2) is 116 Å².